The fourth-order valence-electron chi connectivity index (χ4n) is 3.19. The number of fused-ring (bicyclic) bond motifs is 2. The molecule has 2 heterocycles. The molecule has 0 atom stereocenters. The van der Waals surface area contributed by atoms with Gasteiger partial charge in [-0.1, -0.05) is 0 Å². The second kappa shape index (κ2) is 7.81. The minimum atomic E-state index is -2.47. The van der Waals surface area contributed by atoms with Crippen LogP contribution in [-0.2, 0) is 0 Å². The molecule has 0 saturated carbocycles. The van der Waals surface area contributed by atoms with Gasteiger partial charge in [-0.25, -0.2) is 0 Å². The summed E-state index contributed by atoms with van der Waals surface area (Å²) >= 11 is -2.47. The molecule has 0 fully saturated rings. The predicted octanol–water partition coefficient (Wildman–Crippen LogP) is 7.48. The first kappa shape index (κ1) is 20.5. The van der Waals surface area contributed by atoms with Gasteiger partial charge in [0.15, 0.2) is 0 Å². The number of ether oxygens (including phenoxy) is 2. The summed E-state index contributed by atoms with van der Waals surface area (Å²) in [5, 5.41) is 0. The van der Waals surface area contributed by atoms with Gasteiger partial charge in [0.2, 0.25) is 0 Å². The molecule has 1 spiro atoms. The molecule has 146 valence electrons. The molecule has 0 amide bonds. The molecular formula is C20H24O2S4Te. The van der Waals surface area contributed by atoms with Crippen LogP contribution in [0.25, 0.3) is 0 Å². The average molecular weight is 552 g/mol. The number of methoxy groups -OCH3 is 2. The fraction of sp³-hybridized carbons (Fsp3) is 0.400. The maximum atomic E-state index is 5.73. The van der Waals surface area contributed by atoms with Crippen molar-refractivity contribution in [2.75, 3.05) is 14.2 Å². The Morgan fingerprint density at radius 3 is 1.33 bits per heavy atom. The summed E-state index contributed by atoms with van der Waals surface area (Å²) < 4.78 is 11.5. The van der Waals surface area contributed by atoms with Crippen molar-refractivity contribution in [2.45, 2.75) is 59.1 Å². The Bertz CT molecular complexity index is 825. The molecule has 0 bridgehead atoms. The van der Waals surface area contributed by atoms with Crippen molar-refractivity contribution in [1.29, 1.82) is 0 Å². The van der Waals surface area contributed by atoms with Gasteiger partial charge < -0.3 is 0 Å². The van der Waals surface area contributed by atoms with Gasteiger partial charge in [0.1, 0.15) is 0 Å². The average Bonchev–Trinajstić information content (AvgIpc) is 3.18. The number of hydrogen-bond donors (Lipinski definition) is 0. The van der Waals surface area contributed by atoms with E-state index in [9.17, 15) is 0 Å². The van der Waals surface area contributed by atoms with E-state index in [0.717, 1.165) is 11.5 Å². The molecule has 0 unspecified atom stereocenters. The molecule has 0 radical (unpaired) electrons. The fourth-order valence-corrected chi connectivity index (χ4v) is 43.9. The van der Waals surface area contributed by atoms with Gasteiger partial charge in [-0.05, 0) is 0 Å². The second-order valence-corrected chi connectivity index (χ2v) is 39.3. The molecule has 2 nitrogen and oxygen atoms in total. The maximum absolute atomic E-state index is 5.73. The molecule has 0 aliphatic carbocycles. The molecule has 0 saturated heterocycles. The van der Waals surface area contributed by atoms with Crippen molar-refractivity contribution in [3.63, 3.8) is 0 Å². The van der Waals surface area contributed by atoms with Crippen LogP contribution >= 0.6 is 36.0 Å². The van der Waals surface area contributed by atoms with E-state index in [-0.39, 0.29) is 0 Å². The summed E-state index contributed by atoms with van der Waals surface area (Å²) in [7, 11) is 12.2. The van der Waals surface area contributed by atoms with Crippen LogP contribution < -0.4 is 9.47 Å². The van der Waals surface area contributed by atoms with Crippen molar-refractivity contribution >= 4 is 48.6 Å². The Hall–Kier alpha value is 0.230. The first-order valence-corrected chi connectivity index (χ1v) is 23.3. The van der Waals surface area contributed by atoms with Crippen LogP contribution in [-0.4, -0.2) is 26.9 Å². The quantitative estimate of drug-likeness (QED) is 0.364. The SMILES string of the molecule is COc1ccc(C(C)C)c2c1S[Te]1(Sc3c(OC)ccc(C(C)C)c3S1)S2. The first-order valence-electron chi connectivity index (χ1n) is 8.92. The summed E-state index contributed by atoms with van der Waals surface area (Å²) in [4.78, 5) is 5.67. The van der Waals surface area contributed by atoms with Gasteiger partial charge in [0, 0.05) is 0 Å². The zero-order valence-electron chi connectivity index (χ0n) is 16.3. The van der Waals surface area contributed by atoms with Crippen LogP contribution in [0.3, 0.4) is 0 Å². The van der Waals surface area contributed by atoms with E-state index in [2.05, 4.69) is 87.9 Å². The Morgan fingerprint density at radius 1 is 0.630 bits per heavy atom. The monoisotopic (exact) mass is 554 g/mol. The Morgan fingerprint density at radius 2 is 1.00 bits per heavy atom. The van der Waals surface area contributed by atoms with E-state index < -0.39 is 12.7 Å². The zero-order chi connectivity index (χ0) is 19.3. The van der Waals surface area contributed by atoms with Gasteiger partial charge in [-0.3, -0.25) is 0 Å². The van der Waals surface area contributed by atoms with Crippen LogP contribution in [0, 0.1) is 0 Å². The van der Waals surface area contributed by atoms with Crippen molar-refractivity contribution < 1.29 is 9.47 Å². The van der Waals surface area contributed by atoms with E-state index in [1.165, 1.54) is 30.7 Å². The standard InChI is InChI=1S/C20H24O2S4Te/c1-11(2)13-7-9-15(21-5)19-17(13)23-27(25-19)24-18-14(12(3)4)8-10-16(22-6)20(18)26-27/h7-12H,1-6H3. The molecule has 2 aromatic rings. The van der Waals surface area contributed by atoms with E-state index in [4.69, 9.17) is 9.47 Å². The summed E-state index contributed by atoms with van der Waals surface area (Å²) in [6, 6.07) is 8.83. The van der Waals surface area contributed by atoms with E-state index >= 15 is 0 Å². The summed E-state index contributed by atoms with van der Waals surface area (Å²) in [6.07, 6.45) is 0. The van der Waals surface area contributed by atoms with Crippen LogP contribution in [0.2, 0.25) is 0 Å². The predicted molar refractivity (Wildman–Crippen MR) is 123 cm³/mol. The number of benzene rings is 2. The third-order valence-corrected chi connectivity index (χ3v) is 37.2. The molecule has 7 heteroatoms. The minimum absolute atomic E-state index is 0.523. The molecule has 2 aliphatic rings. The summed E-state index contributed by atoms with van der Waals surface area (Å²) in [5.74, 6) is 3.11. The normalized spacial score (nSPS) is 18.1. The molecule has 0 N–H and O–H groups in total. The Balaban J connectivity index is 1.78. The van der Waals surface area contributed by atoms with Crippen LogP contribution in [0.4, 0.5) is 0 Å². The van der Waals surface area contributed by atoms with Gasteiger partial charge in [0.25, 0.3) is 0 Å². The molecule has 2 aromatic carbocycles. The van der Waals surface area contributed by atoms with Crippen molar-refractivity contribution in [1.82, 2.24) is 0 Å². The first-order chi connectivity index (χ1) is 12.9. The van der Waals surface area contributed by atoms with E-state index in [0.29, 0.717) is 11.8 Å². The van der Waals surface area contributed by atoms with Crippen molar-refractivity contribution in [2.24, 2.45) is 0 Å². The van der Waals surface area contributed by atoms with Crippen molar-refractivity contribution in [3.05, 3.63) is 35.4 Å². The van der Waals surface area contributed by atoms with E-state index in [1.54, 1.807) is 14.2 Å². The summed E-state index contributed by atoms with van der Waals surface area (Å²) in [5.41, 5.74) is 2.92. The number of rotatable bonds is 4. The van der Waals surface area contributed by atoms with Crippen LogP contribution in [0.15, 0.2) is 43.8 Å². The van der Waals surface area contributed by atoms with Crippen molar-refractivity contribution in [3.8, 4) is 11.5 Å². The molecule has 0 aromatic heterocycles. The van der Waals surface area contributed by atoms with Gasteiger partial charge in [-0.15, -0.1) is 0 Å². The summed E-state index contributed by atoms with van der Waals surface area (Å²) in [6.45, 7) is 9.15. The molecule has 4 rings (SSSR count). The van der Waals surface area contributed by atoms with E-state index in [1.807, 2.05) is 0 Å². The Labute approximate surface area is 177 Å². The molecule has 2 aliphatic heterocycles. The topological polar surface area (TPSA) is 18.5 Å². The zero-order valence-corrected chi connectivity index (χ0v) is 21.9. The molecular weight excluding hydrogens is 528 g/mol. The Kier molecular flexibility index (Phi) is 5.93. The second-order valence-electron chi connectivity index (χ2n) is 7.08. The van der Waals surface area contributed by atoms with Gasteiger partial charge in [-0.2, -0.15) is 0 Å². The molecule has 27 heavy (non-hydrogen) atoms. The van der Waals surface area contributed by atoms with Gasteiger partial charge >= 0.3 is 178 Å². The number of hydrogen-bond acceptors (Lipinski definition) is 6. The van der Waals surface area contributed by atoms with Crippen LogP contribution in [0.5, 0.6) is 11.5 Å². The van der Waals surface area contributed by atoms with Gasteiger partial charge in [0.05, 0.1) is 0 Å². The van der Waals surface area contributed by atoms with Crippen LogP contribution in [0.1, 0.15) is 50.7 Å². The third-order valence-electron chi connectivity index (χ3n) is 4.64. The third kappa shape index (κ3) is 3.51.